The highest BCUT2D eigenvalue weighted by atomic mass is 19.4. The Balaban J connectivity index is 1.74. The summed E-state index contributed by atoms with van der Waals surface area (Å²) in [5.74, 6) is -2.30. The molecule has 2 aromatic rings. The van der Waals surface area contributed by atoms with Crippen molar-refractivity contribution in [2.24, 2.45) is 0 Å². The number of nitrogens with one attached hydrogen (secondary N) is 2. The van der Waals surface area contributed by atoms with Crippen LogP contribution in [0.1, 0.15) is 36.2 Å². The molecule has 1 heterocycles. The zero-order chi connectivity index (χ0) is 24.2. The average Bonchev–Trinajstić information content (AvgIpc) is 2.99. The zero-order valence-electron chi connectivity index (χ0n) is 18.1. The Morgan fingerprint density at radius 3 is 2.30 bits per heavy atom. The molecule has 0 radical (unpaired) electrons. The van der Waals surface area contributed by atoms with Gasteiger partial charge in [0, 0.05) is 12.1 Å². The highest BCUT2D eigenvalue weighted by Gasteiger charge is 2.68. The van der Waals surface area contributed by atoms with Gasteiger partial charge < -0.3 is 10.1 Å². The summed E-state index contributed by atoms with van der Waals surface area (Å²) in [6.45, 7) is 3.37. The summed E-state index contributed by atoms with van der Waals surface area (Å²) in [6, 6.07) is 13.3. The maximum Gasteiger partial charge on any atom is 0.440 e. The van der Waals surface area contributed by atoms with Crippen molar-refractivity contribution in [1.29, 1.82) is 0 Å². The molecule has 2 aromatic carbocycles. The predicted molar refractivity (Wildman–Crippen MR) is 113 cm³/mol. The number of amides is 4. The molecule has 0 aromatic heterocycles. The third-order valence-corrected chi connectivity index (χ3v) is 5.01. The van der Waals surface area contributed by atoms with Crippen molar-refractivity contribution >= 4 is 17.8 Å². The number of hydrogen-bond donors (Lipinski definition) is 2. The average molecular weight is 463 g/mol. The molecule has 1 saturated heterocycles. The monoisotopic (exact) mass is 463 g/mol. The largest absolute Gasteiger partial charge is 0.491 e. The van der Waals surface area contributed by atoms with E-state index in [1.165, 1.54) is 24.3 Å². The van der Waals surface area contributed by atoms with Crippen LogP contribution >= 0.6 is 0 Å². The molecule has 1 fully saturated rings. The normalized spacial score (nSPS) is 18.4. The zero-order valence-corrected chi connectivity index (χ0v) is 18.1. The molecular formula is C23H24F3N3O4. The lowest BCUT2D eigenvalue weighted by Crippen LogP contribution is -2.69. The van der Waals surface area contributed by atoms with Crippen molar-refractivity contribution in [3.63, 3.8) is 0 Å². The van der Waals surface area contributed by atoms with Crippen molar-refractivity contribution in [3.8, 4) is 5.75 Å². The lowest BCUT2D eigenvalue weighted by atomic mass is 10.1. The first kappa shape index (κ1) is 24.1. The van der Waals surface area contributed by atoms with Crippen molar-refractivity contribution < 1.29 is 32.3 Å². The fourth-order valence-electron chi connectivity index (χ4n) is 3.41. The Bertz CT molecular complexity index is 1010. The topological polar surface area (TPSA) is 87.7 Å². The van der Waals surface area contributed by atoms with Crippen LogP contribution in [0.25, 0.3) is 0 Å². The summed E-state index contributed by atoms with van der Waals surface area (Å²) in [5, 5.41) is 3.35. The number of aryl methyl sites for hydroxylation is 1. The van der Waals surface area contributed by atoms with Crippen LogP contribution in [0.15, 0.2) is 54.6 Å². The SMILES string of the molecule is CC(C)Oc1ccc(C(=O)N[C@@]2(C(F)(F)F)NC(=O)N(CCCc3ccccc3)C2=O)cc1. The number of hydrogen-bond acceptors (Lipinski definition) is 4. The Labute approximate surface area is 188 Å². The molecule has 3 rings (SSSR count). The van der Waals surface area contributed by atoms with Gasteiger partial charge in [-0.15, -0.1) is 0 Å². The van der Waals surface area contributed by atoms with Crippen LogP contribution in [0.5, 0.6) is 5.75 Å². The van der Waals surface area contributed by atoms with Gasteiger partial charge in [-0.25, -0.2) is 4.79 Å². The van der Waals surface area contributed by atoms with Crippen LogP contribution in [-0.4, -0.2) is 47.2 Å². The highest BCUT2D eigenvalue weighted by molar-refractivity contribution is 6.10. The molecule has 33 heavy (non-hydrogen) atoms. The fourth-order valence-corrected chi connectivity index (χ4v) is 3.41. The third kappa shape index (κ3) is 5.27. The third-order valence-electron chi connectivity index (χ3n) is 5.01. The van der Waals surface area contributed by atoms with Gasteiger partial charge in [-0.2, -0.15) is 13.2 Å². The second-order valence-corrected chi connectivity index (χ2v) is 7.87. The number of nitrogens with zero attached hydrogens (tertiary/aromatic N) is 1. The van der Waals surface area contributed by atoms with Gasteiger partial charge in [-0.3, -0.25) is 19.8 Å². The van der Waals surface area contributed by atoms with Crippen molar-refractivity contribution in [2.75, 3.05) is 6.54 Å². The molecule has 4 amide bonds. The van der Waals surface area contributed by atoms with E-state index in [1.54, 1.807) is 24.5 Å². The Morgan fingerprint density at radius 2 is 1.73 bits per heavy atom. The van der Waals surface area contributed by atoms with Gasteiger partial charge in [0.2, 0.25) is 0 Å². The van der Waals surface area contributed by atoms with Gasteiger partial charge in [-0.1, -0.05) is 30.3 Å². The second-order valence-electron chi connectivity index (χ2n) is 7.87. The van der Waals surface area contributed by atoms with E-state index in [1.807, 2.05) is 30.3 Å². The number of carbonyl (C=O) groups excluding carboxylic acids is 3. The van der Waals surface area contributed by atoms with E-state index in [4.69, 9.17) is 4.74 Å². The molecule has 1 atom stereocenters. The molecule has 0 saturated carbocycles. The Morgan fingerprint density at radius 1 is 1.09 bits per heavy atom. The summed E-state index contributed by atoms with van der Waals surface area (Å²) < 4.78 is 47.4. The number of halogens is 3. The molecule has 0 aliphatic carbocycles. The molecular weight excluding hydrogens is 439 g/mol. The molecule has 10 heteroatoms. The lowest BCUT2D eigenvalue weighted by Gasteiger charge is -2.30. The predicted octanol–water partition coefficient (Wildman–Crippen LogP) is 3.65. The minimum atomic E-state index is -5.26. The molecule has 0 spiro atoms. The van der Waals surface area contributed by atoms with Crippen LogP contribution in [0.3, 0.4) is 0 Å². The Hall–Kier alpha value is -3.56. The van der Waals surface area contributed by atoms with E-state index < -0.39 is 29.7 Å². The number of ether oxygens (including phenoxy) is 1. The molecule has 1 aliphatic rings. The van der Waals surface area contributed by atoms with Crippen LogP contribution < -0.4 is 15.4 Å². The number of rotatable bonds is 8. The van der Waals surface area contributed by atoms with Gasteiger partial charge >= 0.3 is 12.2 Å². The molecule has 1 aliphatic heterocycles. The van der Waals surface area contributed by atoms with E-state index in [0.29, 0.717) is 17.1 Å². The van der Waals surface area contributed by atoms with Crippen molar-refractivity contribution in [1.82, 2.24) is 15.5 Å². The standard InChI is InChI=1S/C23H24F3N3O4/c1-15(2)33-18-12-10-17(11-13-18)19(30)27-22(23(24,25)26)20(31)29(21(32)28-22)14-6-9-16-7-4-3-5-8-16/h3-5,7-8,10-13,15H,6,9,14H2,1-2H3,(H,27,30)(H,28,32)/t22-/m1/s1. The summed E-state index contributed by atoms with van der Waals surface area (Å²) in [7, 11) is 0. The summed E-state index contributed by atoms with van der Waals surface area (Å²) in [6.07, 6.45) is -4.65. The highest BCUT2D eigenvalue weighted by Crippen LogP contribution is 2.34. The molecule has 7 nitrogen and oxygen atoms in total. The number of carbonyl (C=O) groups is 3. The van der Waals surface area contributed by atoms with E-state index >= 15 is 0 Å². The second kappa shape index (κ2) is 9.51. The van der Waals surface area contributed by atoms with Gasteiger partial charge in [0.15, 0.2) is 0 Å². The summed E-state index contributed by atoms with van der Waals surface area (Å²) in [4.78, 5) is 38.1. The number of urea groups is 1. The minimum absolute atomic E-state index is 0.126. The number of imide groups is 1. The van der Waals surface area contributed by atoms with Gasteiger partial charge in [0.1, 0.15) is 5.75 Å². The Kier molecular flexibility index (Phi) is 6.95. The summed E-state index contributed by atoms with van der Waals surface area (Å²) >= 11 is 0. The quantitative estimate of drug-likeness (QED) is 0.585. The first-order valence-electron chi connectivity index (χ1n) is 10.4. The van der Waals surface area contributed by atoms with E-state index in [9.17, 15) is 27.6 Å². The minimum Gasteiger partial charge on any atom is -0.491 e. The van der Waals surface area contributed by atoms with Crippen LogP contribution in [-0.2, 0) is 11.2 Å². The number of benzene rings is 2. The van der Waals surface area contributed by atoms with Crippen molar-refractivity contribution in [3.05, 3.63) is 65.7 Å². The molecule has 2 N–H and O–H groups in total. The van der Waals surface area contributed by atoms with E-state index in [2.05, 4.69) is 0 Å². The van der Waals surface area contributed by atoms with Crippen LogP contribution in [0.2, 0.25) is 0 Å². The number of alkyl halides is 3. The first-order chi connectivity index (χ1) is 15.5. The van der Waals surface area contributed by atoms with Gasteiger partial charge in [0.25, 0.3) is 17.5 Å². The van der Waals surface area contributed by atoms with E-state index in [-0.39, 0.29) is 24.6 Å². The van der Waals surface area contributed by atoms with Crippen LogP contribution in [0, 0.1) is 0 Å². The van der Waals surface area contributed by atoms with E-state index in [0.717, 1.165) is 5.56 Å². The maximum absolute atomic E-state index is 14.0. The summed E-state index contributed by atoms with van der Waals surface area (Å²) in [5.41, 5.74) is -2.75. The van der Waals surface area contributed by atoms with Gasteiger partial charge in [-0.05, 0) is 56.5 Å². The van der Waals surface area contributed by atoms with Crippen molar-refractivity contribution in [2.45, 2.75) is 44.6 Å². The lowest BCUT2D eigenvalue weighted by molar-refractivity contribution is -0.200. The molecule has 176 valence electrons. The van der Waals surface area contributed by atoms with Gasteiger partial charge in [0.05, 0.1) is 6.10 Å². The fraction of sp³-hybridized carbons (Fsp3) is 0.348. The first-order valence-corrected chi connectivity index (χ1v) is 10.4. The van der Waals surface area contributed by atoms with Crippen LogP contribution in [0.4, 0.5) is 18.0 Å². The smallest absolute Gasteiger partial charge is 0.440 e. The molecule has 0 unspecified atom stereocenters. The maximum atomic E-state index is 14.0. The molecule has 0 bridgehead atoms.